The first-order chi connectivity index (χ1) is 18.5. The average Bonchev–Trinajstić information content (AvgIpc) is 3.44. The van der Waals surface area contributed by atoms with Gasteiger partial charge in [0, 0.05) is 23.0 Å². The fraction of sp³-hybridized carbons (Fsp3) is 0.400. The van der Waals surface area contributed by atoms with Gasteiger partial charge in [-0.2, -0.15) is 0 Å². The molecule has 1 aromatic heterocycles. The van der Waals surface area contributed by atoms with Crippen molar-refractivity contribution in [3.63, 3.8) is 0 Å². The third kappa shape index (κ3) is 4.26. The number of benzene rings is 1. The van der Waals surface area contributed by atoms with Crippen molar-refractivity contribution < 1.29 is 37.8 Å². The lowest BCUT2D eigenvalue weighted by Gasteiger charge is -2.60. The summed E-state index contributed by atoms with van der Waals surface area (Å²) in [6.07, 6.45) is 5.92. The Morgan fingerprint density at radius 3 is 2.38 bits per heavy atom. The maximum Gasteiger partial charge on any atom is 0.343 e. The van der Waals surface area contributed by atoms with E-state index in [-0.39, 0.29) is 34.7 Å². The quantitative estimate of drug-likeness (QED) is 0.555. The minimum Gasteiger partial charge on any atom is -0.490 e. The Kier molecular flexibility index (Phi) is 6.48. The first-order valence-electron chi connectivity index (χ1n) is 12.8. The summed E-state index contributed by atoms with van der Waals surface area (Å²) in [6.45, 7) is 8.16. The molecule has 3 aliphatic rings. The van der Waals surface area contributed by atoms with Gasteiger partial charge in [0.25, 0.3) is 0 Å². The zero-order valence-corrected chi connectivity index (χ0v) is 22.1. The van der Waals surface area contributed by atoms with Gasteiger partial charge in [0.15, 0.2) is 5.76 Å². The normalized spacial score (nSPS) is 31.7. The number of esters is 2. The Labute approximate surface area is 226 Å². The maximum absolute atomic E-state index is 14.2. The fourth-order valence-electron chi connectivity index (χ4n) is 7.00. The van der Waals surface area contributed by atoms with E-state index in [9.17, 15) is 19.2 Å². The number of ether oxygens (including phenoxy) is 3. The molecule has 2 heterocycles. The third-order valence-corrected chi connectivity index (χ3v) is 8.91. The molecule has 2 N–H and O–H groups in total. The fourth-order valence-corrected chi connectivity index (χ4v) is 7.00. The number of rotatable bonds is 5. The van der Waals surface area contributed by atoms with E-state index in [0.717, 1.165) is 5.56 Å². The summed E-state index contributed by atoms with van der Waals surface area (Å²) < 4.78 is 22.3. The predicted molar refractivity (Wildman–Crippen MR) is 138 cm³/mol. The van der Waals surface area contributed by atoms with Crippen molar-refractivity contribution in [1.82, 2.24) is 0 Å². The summed E-state index contributed by atoms with van der Waals surface area (Å²) in [5.74, 6) is -3.54. The summed E-state index contributed by atoms with van der Waals surface area (Å²) in [5, 5.41) is 0. The van der Waals surface area contributed by atoms with Gasteiger partial charge in [0.05, 0.1) is 36.9 Å². The van der Waals surface area contributed by atoms with Crippen LogP contribution in [0.1, 0.15) is 65.5 Å². The first-order valence-corrected chi connectivity index (χ1v) is 12.8. The number of fused-ring (bicyclic) bond motifs is 3. The van der Waals surface area contributed by atoms with Crippen LogP contribution in [0.15, 0.2) is 71.4 Å². The molecule has 6 atom stereocenters. The molecule has 9 nitrogen and oxygen atoms in total. The monoisotopic (exact) mass is 533 g/mol. The van der Waals surface area contributed by atoms with E-state index in [0.29, 0.717) is 25.0 Å². The van der Waals surface area contributed by atoms with Gasteiger partial charge in [0.2, 0.25) is 11.7 Å². The molecule has 2 aromatic rings. The molecular formula is C30H31NO8. The third-order valence-electron chi connectivity index (χ3n) is 8.91. The Balaban J connectivity index is 1.54. The molecule has 1 amide bonds. The maximum atomic E-state index is 14.2. The molecule has 204 valence electrons. The summed E-state index contributed by atoms with van der Waals surface area (Å²) in [5.41, 5.74) is 5.02. The van der Waals surface area contributed by atoms with Crippen molar-refractivity contribution in [3.05, 3.63) is 83.7 Å². The van der Waals surface area contributed by atoms with Crippen LogP contribution in [0.5, 0.6) is 0 Å². The number of hydrogen-bond acceptors (Lipinski definition) is 8. The van der Waals surface area contributed by atoms with Crippen LogP contribution >= 0.6 is 0 Å². The number of amides is 1. The number of carbonyl (C=O) groups is 4. The zero-order chi connectivity index (χ0) is 28.1. The van der Waals surface area contributed by atoms with Gasteiger partial charge in [-0.05, 0) is 66.5 Å². The Morgan fingerprint density at radius 2 is 1.77 bits per heavy atom. The highest BCUT2D eigenvalue weighted by molar-refractivity contribution is 6.03. The van der Waals surface area contributed by atoms with Crippen LogP contribution in [0.25, 0.3) is 0 Å². The molecule has 1 aromatic carbocycles. The molecule has 0 unspecified atom stereocenters. The van der Waals surface area contributed by atoms with Gasteiger partial charge in [-0.25, -0.2) is 4.79 Å². The second-order valence-electron chi connectivity index (χ2n) is 11.1. The highest BCUT2D eigenvalue weighted by atomic mass is 16.5. The van der Waals surface area contributed by atoms with Crippen molar-refractivity contribution in [1.29, 1.82) is 0 Å². The Morgan fingerprint density at radius 1 is 1.08 bits per heavy atom. The lowest BCUT2D eigenvalue weighted by Crippen LogP contribution is -2.60. The van der Waals surface area contributed by atoms with Gasteiger partial charge in [0.1, 0.15) is 6.10 Å². The van der Waals surface area contributed by atoms with Crippen LogP contribution in [0.4, 0.5) is 0 Å². The van der Waals surface area contributed by atoms with Crippen LogP contribution < -0.4 is 5.73 Å². The van der Waals surface area contributed by atoms with E-state index in [1.165, 1.54) is 37.5 Å². The van der Waals surface area contributed by atoms with Crippen LogP contribution in [0.2, 0.25) is 0 Å². The second-order valence-corrected chi connectivity index (χ2v) is 11.1. The van der Waals surface area contributed by atoms with Crippen molar-refractivity contribution in [3.8, 4) is 0 Å². The van der Waals surface area contributed by atoms with Crippen LogP contribution in [0.3, 0.4) is 0 Å². The number of allylic oxidation sites excluding steroid dienone is 2. The molecule has 9 heteroatoms. The minimum atomic E-state index is -0.813. The lowest BCUT2D eigenvalue weighted by molar-refractivity contribution is -0.174. The summed E-state index contributed by atoms with van der Waals surface area (Å²) in [4.78, 5) is 51.8. The van der Waals surface area contributed by atoms with E-state index in [2.05, 4.69) is 6.58 Å². The molecule has 1 saturated carbocycles. The lowest BCUT2D eigenvalue weighted by atomic mass is 9.44. The highest BCUT2D eigenvalue weighted by Crippen LogP contribution is 2.66. The van der Waals surface area contributed by atoms with E-state index in [1.54, 1.807) is 12.5 Å². The minimum absolute atomic E-state index is 0.129. The highest BCUT2D eigenvalue weighted by Gasteiger charge is 2.65. The summed E-state index contributed by atoms with van der Waals surface area (Å²) >= 11 is 0. The van der Waals surface area contributed by atoms with E-state index in [4.69, 9.17) is 24.4 Å². The van der Waals surface area contributed by atoms with Crippen LogP contribution in [-0.4, -0.2) is 30.7 Å². The zero-order valence-electron chi connectivity index (χ0n) is 22.1. The molecule has 39 heavy (non-hydrogen) atoms. The average molecular weight is 534 g/mol. The topological polar surface area (TPSA) is 135 Å². The summed E-state index contributed by atoms with van der Waals surface area (Å²) in [6, 6.07) is 7.42. The number of furan rings is 1. The number of carbonyl (C=O) groups excluding carboxylic acids is 4. The number of hydrogen-bond donors (Lipinski definition) is 1. The standard InChI is InChI=1S/C30H31NO8/c1-16-20-9-11-29(2)21(28(35)36-4)13-22(39-27(34)18-7-5-17(6-8-18)26(31)33)24(32)25(29)30(20,3)14-23(38-16)19-10-12-37-15-19/h5-8,10,12-13,15,20-21,23,25H,1,9,11,14H2,2-4H3,(H2,31,33)/t20-,21-,23-,25-,29-,30-/m0/s1. The van der Waals surface area contributed by atoms with Crippen LogP contribution in [-0.2, 0) is 23.8 Å². The SMILES string of the molecule is C=C1O[C@H](c2ccoc2)C[C@]2(C)[C@H]3C(=O)C(OC(=O)c4ccc(C(N)=O)cc4)=C[C@@H](C(=O)OC)[C@]3(C)CC[C@@H]12. The Hall–Kier alpha value is -4.14. The van der Waals surface area contributed by atoms with E-state index < -0.39 is 40.5 Å². The van der Waals surface area contributed by atoms with Crippen LogP contribution in [0, 0.1) is 28.6 Å². The molecule has 2 aliphatic carbocycles. The molecule has 5 rings (SSSR count). The predicted octanol–water partition coefficient (Wildman–Crippen LogP) is 4.51. The molecule has 0 radical (unpaired) electrons. The van der Waals surface area contributed by atoms with Crippen molar-refractivity contribution in [2.24, 2.45) is 34.3 Å². The molecule has 2 fully saturated rings. The van der Waals surface area contributed by atoms with Crippen molar-refractivity contribution in [2.75, 3.05) is 7.11 Å². The van der Waals surface area contributed by atoms with E-state index in [1.807, 2.05) is 19.9 Å². The number of Topliss-reactive ketones (excluding diaryl/α,β-unsaturated/α-hetero) is 1. The van der Waals surface area contributed by atoms with Gasteiger partial charge in [-0.15, -0.1) is 0 Å². The number of nitrogens with two attached hydrogens (primary N) is 1. The second kappa shape index (κ2) is 9.55. The molecule has 0 spiro atoms. The van der Waals surface area contributed by atoms with E-state index >= 15 is 0 Å². The number of primary amides is 1. The van der Waals surface area contributed by atoms with Gasteiger partial charge in [-0.3, -0.25) is 14.4 Å². The smallest absolute Gasteiger partial charge is 0.343 e. The summed E-state index contributed by atoms with van der Waals surface area (Å²) in [7, 11) is 1.30. The largest absolute Gasteiger partial charge is 0.490 e. The Bertz CT molecular complexity index is 1370. The molecule has 1 saturated heterocycles. The first kappa shape index (κ1) is 26.5. The van der Waals surface area contributed by atoms with Crippen molar-refractivity contribution >= 4 is 23.6 Å². The molecule has 0 bridgehead atoms. The molecule has 1 aliphatic heterocycles. The van der Waals surface area contributed by atoms with Crippen molar-refractivity contribution in [2.45, 2.75) is 39.2 Å². The molecular weight excluding hydrogens is 502 g/mol. The van der Waals surface area contributed by atoms with Gasteiger partial charge in [-0.1, -0.05) is 20.4 Å². The van der Waals surface area contributed by atoms with Gasteiger partial charge >= 0.3 is 11.9 Å². The number of methoxy groups -OCH3 is 1. The van der Waals surface area contributed by atoms with Gasteiger partial charge < -0.3 is 24.4 Å². The number of ketones is 1.